The lowest BCUT2D eigenvalue weighted by molar-refractivity contribution is -0.164. The highest BCUT2D eigenvalue weighted by Crippen LogP contribution is 2.66. The first kappa shape index (κ1) is 32.3. The quantitative estimate of drug-likeness (QED) is 0.281. The Bertz CT molecular complexity index is 1020. The summed E-state index contributed by atoms with van der Waals surface area (Å²) >= 11 is 0. The molecule has 3 fully saturated rings. The number of rotatable bonds is 12. The van der Waals surface area contributed by atoms with Gasteiger partial charge in [0.25, 0.3) is 0 Å². The van der Waals surface area contributed by atoms with Crippen LogP contribution < -0.4 is 0 Å². The predicted octanol–water partition coefficient (Wildman–Crippen LogP) is 4.36. The molecule has 40 heavy (non-hydrogen) atoms. The van der Waals surface area contributed by atoms with Crippen molar-refractivity contribution in [1.29, 1.82) is 0 Å². The van der Waals surface area contributed by atoms with Gasteiger partial charge < -0.3 is 24.4 Å². The molecule has 226 valence electrons. The van der Waals surface area contributed by atoms with E-state index in [1.54, 1.807) is 11.0 Å². The van der Waals surface area contributed by atoms with Crippen LogP contribution in [-0.4, -0.2) is 81.3 Å². The summed E-state index contributed by atoms with van der Waals surface area (Å²) < 4.78 is 12.3. The van der Waals surface area contributed by atoms with E-state index in [1.165, 1.54) is 6.08 Å². The largest absolute Gasteiger partial charge is 0.461 e. The average Bonchev–Trinajstić information content (AvgIpc) is 3.34. The molecule has 8 heteroatoms. The molecule has 3 rings (SSSR count). The van der Waals surface area contributed by atoms with Crippen LogP contribution >= 0.6 is 0 Å². The van der Waals surface area contributed by atoms with Gasteiger partial charge in [0.1, 0.15) is 24.2 Å². The van der Waals surface area contributed by atoms with Crippen molar-refractivity contribution in [3.05, 3.63) is 25.3 Å². The second-order valence-corrected chi connectivity index (χ2v) is 14.6. The normalized spacial score (nSPS) is 32.3. The first-order chi connectivity index (χ1) is 18.4. The Morgan fingerprint density at radius 2 is 1.85 bits per heavy atom. The van der Waals surface area contributed by atoms with Crippen molar-refractivity contribution in [2.24, 2.45) is 29.1 Å². The van der Waals surface area contributed by atoms with E-state index >= 15 is 0 Å². The molecule has 3 heterocycles. The Labute approximate surface area is 241 Å². The molecule has 3 aliphatic rings. The van der Waals surface area contributed by atoms with Gasteiger partial charge in [-0.3, -0.25) is 14.4 Å². The van der Waals surface area contributed by atoms with Crippen molar-refractivity contribution in [3.8, 4) is 0 Å². The molecule has 8 nitrogen and oxygen atoms in total. The standard InChI is InChI=1S/C32H52N2O6/c1-12-14-33(30(9,10)19-29(6,7)8)27(37)25-32-17-21(5)31(11,40-32)24(28(38)39-15-13-2)23(32)26(36)34(25)22(18-35)16-20(3)4/h12-13,20-25,35H,1-2,14-19H2,3-11H3/t21?,22-,23+,24-,25?,31+,32?/m1/s1. The van der Waals surface area contributed by atoms with Crippen LogP contribution in [0, 0.1) is 29.1 Å². The third-order valence-corrected chi connectivity index (χ3v) is 9.20. The second-order valence-electron chi connectivity index (χ2n) is 14.6. The number of aliphatic hydroxyl groups excluding tert-OH is 1. The third kappa shape index (κ3) is 5.38. The minimum atomic E-state index is -1.21. The molecule has 0 aromatic carbocycles. The third-order valence-electron chi connectivity index (χ3n) is 9.20. The fourth-order valence-electron chi connectivity index (χ4n) is 8.06. The SMILES string of the molecule is C=CCOC(=O)[C@H]1[C@H]2C(=O)N([C@@H](CO)CC(C)C)C(C(=O)N(CC=C)C(C)(C)CC(C)(C)C)C23CC(C)[C@]1(C)O3. The molecular formula is C32H52N2O6. The zero-order valence-electron chi connectivity index (χ0n) is 26.2. The summed E-state index contributed by atoms with van der Waals surface area (Å²) in [4.78, 5) is 46.3. The summed E-state index contributed by atoms with van der Waals surface area (Å²) in [5.74, 6) is -2.73. The summed E-state index contributed by atoms with van der Waals surface area (Å²) in [7, 11) is 0. The van der Waals surface area contributed by atoms with Crippen LogP contribution in [0.15, 0.2) is 25.3 Å². The zero-order chi connectivity index (χ0) is 30.4. The minimum absolute atomic E-state index is 0.0283. The lowest BCUT2D eigenvalue weighted by atomic mass is 9.62. The van der Waals surface area contributed by atoms with E-state index in [4.69, 9.17) is 9.47 Å². The van der Waals surface area contributed by atoms with Gasteiger partial charge in [0, 0.05) is 12.1 Å². The fourth-order valence-corrected chi connectivity index (χ4v) is 8.06. The van der Waals surface area contributed by atoms with Crippen LogP contribution in [0.2, 0.25) is 0 Å². The number of carbonyl (C=O) groups excluding carboxylic acids is 3. The number of aliphatic hydroxyl groups is 1. The van der Waals surface area contributed by atoms with Crippen LogP contribution in [0.4, 0.5) is 0 Å². The van der Waals surface area contributed by atoms with E-state index in [1.807, 2.05) is 46.4 Å². The topological polar surface area (TPSA) is 96.4 Å². The number of amides is 2. The lowest BCUT2D eigenvalue weighted by Gasteiger charge is -2.46. The van der Waals surface area contributed by atoms with Gasteiger partial charge in [0.2, 0.25) is 11.8 Å². The van der Waals surface area contributed by atoms with Gasteiger partial charge in [0.05, 0.1) is 24.2 Å². The van der Waals surface area contributed by atoms with E-state index in [0.29, 0.717) is 19.4 Å². The Balaban J connectivity index is 2.21. The number of carbonyl (C=O) groups is 3. The van der Waals surface area contributed by atoms with Gasteiger partial charge in [-0.05, 0) is 57.3 Å². The smallest absolute Gasteiger partial charge is 0.313 e. The number of fused-ring (bicyclic) bond motifs is 1. The Morgan fingerprint density at radius 1 is 1.23 bits per heavy atom. The molecule has 1 N–H and O–H groups in total. The van der Waals surface area contributed by atoms with Crippen molar-refractivity contribution >= 4 is 17.8 Å². The molecule has 2 amide bonds. The molecule has 0 aromatic rings. The van der Waals surface area contributed by atoms with Gasteiger partial charge in [-0.25, -0.2) is 0 Å². The number of nitrogens with zero attached hydrogens (tertiary/aromatic N) is 2. The molecule has 3 unspecified atom stereocenters. The van der Waals surface area contributed by atoms with Gasteiger partial charge in [-0.1, -0.05) is 60.3 Å². The van der Waals surface area contributed by atoms with Gasteiger partial charge in [-0.15, -0.1) is 6.58 Å². The maximum Gasteiger partial charge on any atom is 0.313 e. The molecule has 7 atom stereocenters. The molecule has 3 aliphatic heterocycles. The van der Waals surface area contributed by atoms with Crippen molar-refractivity contribution < 1.29 is 29.0 Å². The Kier molecular flexibility index (Phi) is 9.08. The Morgan fingerprint density at radius 3 is 2.35 bits per heavy atom. The van der Waals surface area contributed by atoms with Crippen LogP contribution in [0.1, 0.15) is 81.6 Å². The minimum Gasteiger partial charge on any atom is -0.461 e. The highest BCUT2D eigenvalue weighted by molar-refractivity contribution is 5.99. The highest BCUT2D eigenvalue weighted by atomic mass is 16.6. The number of esters is 1. The maximum absolute atomic E-state index is 14.9. The van der Waals surface area contributed by atoms with Gasteiger partial charge in [-0.2, -0.15) is 0 Å². The summed E-state index contributed by atoms with van der Waals surface area (Å²) in [6, 6.07) is -1.57. The molecule has 3 saturated heterocycles. The van der Waals surface area contributed by atoms with E-state index < -0.39 is 46.6 Å². The molecule has 0 saturated carbocycles. The second kappa shape index (κ2) is 11.2. The molecular weight excluding hydrogens is 508 g/mol. The number of hydrogen-bond acceptors (Lipinski definition) is 6. The number of likely N-dealkylation sites (tertiary alicyclic amines) is 1. The van der Waals surface area contributed by atoms with Gasteiger partial charge in [0.15, 0.2) is 0 Å². The summed E-state index contributed by atoms with van der Waals surface area (Å²) in [5, 5.41) is 10.6. The summed E-state index contributed by atoms with van der Waals surface area (Å²) in [6.45, 7) is 26.0. The maximum atomic E-state index is 14.9. The fraction of sp³-hybridized carbons (Fsp3) is 0.781. The zero-order valence-corrected chi connectivity index (χ0v) is 26.2. The molecule has 1 spiro atoms. The molecule has 2 bridgehead atoms. The van der Waals surface area contributed by atoms with Crippen LogP contribution in [-0.2, 0) is 23.9 Å². The monoisotopic (exact) mass is 560 g/mol. The highest BCUT2D eigenvalue weighted by Gasteiger charge is 2.81. The van der Waals surface area contributed by atoms with Crippen LogP contribution in [0.5, 0.6) is 0 Å². The lowest BCUT2D eigenvalue weighted by Crippen LogP contribution is -2.62. The molecule has 0 aliphatic carbocycles. The van der Waals surface area contributed by atoms with Crippen LogP contribution in [0.25, 0.3) is 0 Å². The first-order valence-corrected chi connectivity index (χ1v) is 14.7. The number of ether oxygens (including phenoxy) is 2. The van der Waals surface area contributed by atoms with Crippen molar-refractivity contribution in [3.63, 3.8) is 0 Å². The van der Waals surface area contributed by atoms with E-state index in [2.05, 4.69) is 33.9 Å². The van der Waals surface area contributed by atoms with Crippen molar-refractivity contribution in [1.82, 2.24) is 9.80 Å². The van der Waals surface area contributed by atoms with Gasteiger partial charge >= 0.3 is 5.97 Å². The average molecular weight is 561 g/mol. The van der Waals surface area contributed by atoms with E-state index in [-0.39, 0.29) is 42.3 Å². The molecule has 0 aromatic heterocycles. The summed E-state index contributed by atoms with van der Waals surface area (Å²) in [5.41, 5.74) is -2.79. The van der Waals surface area contributed by atoms with E-state index in [0.717, 1.165) is 6.42 Å². The van der Waals surface area contributed by atoms with Crippen molar-refractivity contribution in [2.75, 3.05) is 19.8 Å². The Hall–Kier alpha value is -2.19. The molecule has 0 radical (unpaired) electrons. The van der Waals surface area contributed by atoms with Crippen LogP contribution in [0.3, 0.4) is 0 Å². The first-order valence-electron chi connectivity index (χ1n) is 14.7. The number of hydrogen-bond donors (Lipinski definition) is 1. The van der Waals surface area contributed by atoms with Crippen molar-refractivity contribution in [2.45, 2.75) is 110 Å². The summed E-state index contributed by atoms with van der Waals surface area (Å²) in [6.07, 6.45) is 4.90. The van der Waals surface area contributed by atoms with E-state index in [9.17, 15) is 19.5 Å². The predicted molar refractivity (Wildman–Crippen MR) is 155 cm³/mol.